The highest BCUT2D eigenvalue weighted by Crippen LogP contribution is 2.08. The molecule has 0 saturated heterocycles. The smallest absolute Gasteiger partial charge is 0.409 e. The van der Waals surface area contributed by atoms with Crippen molar-refractivity contribution in [2.24, 2.45) is 14.1 Å². The Labute approximate surface area is 154 Å². The summed E-state index contributed by atoms with van der Waals surface area (Å²) in [7, 11) is 3.02. The van der Waals surface area contributed by atoms with Crippen LogP contribution in [0.5, 0.6) is 0 Å². The molecule has 1 aromatic carbocycles. The standard InChI is InChI=1S/C10H18N3O2.C7H8O3S/c1-11(2)10(14)15-8-5-9-12(3)6-7-13(9)4;1-6-2-4-7(5-3-6)11(8,9)10/h6-7H,5,8H2,1-4H3;2-5H,1H3,(H,8,9,10)/q+1;/p-1. The fourth-order valence-electron chi connectivity index (χ4n) is 2.04. The van der Waals surface area contributed by atoms with Crippen molar-refractivity contribution in [3.8, 4) is 0 Å². The van der Waals surface area contributed by atoms with Crippen LogP contribution in [0.4, 0.5) is 4.79 Å². The van der Waals surface area contributed by atoms with Crippen molar-refractivity contribution in [3.05, 3.63) is 48.0 Å². The van der Waals surface area contributed by atoms with Crippen molar-refractivity contribution in [3.63, 3.8) is 0 Å². The lowest BCUT2D eigenvalue weighted by molar-refractivity contribution is -0.678. The van der Waals surface area contributed by atoms with Crippen LogP contribution in [0.2, 0.25) is 0 Å². The lowest BCUT2D eigenvalue weighted by atomic mass is 10.2. The third-order valence-corrected chi connectivity index (χ3v) is 4.40. The van der Waals surface area contributed by atoms with Gasteiger partial charge in [-0.05, 0) is 19.1 Å². The molecule has 8 nitrogen and oxygen atoms in total. The number of aromatic nitrogens is 2. The summed E-state index contributed by atoms with van der Waals surface area (Å²) in [5.41, 5.74) is 0.928. The Balaban J connectivity index is 0.000000273. The summed E-state index contributed by atoms with van der Waals surface area (Å²) >= 11 is 0. The number of amides is 1. The molecule has 0 radical (unpaired) electrons. The normalized spacial score (nSPS) is 10.7. The molecule has 0 atom stereocenters. The molecule has 0 saturated carbocycles. The molecular weight excluding hydrogens is 358 g/mol. The van der Waals surface area contributed by atoms with E-state index in [0.29, 0.717) is 6.61 Å². The maximum absolute atomic E-state index is 11.1. The van der Waals surface area contributed by atoms with Crippen LogP contribution < -0.4 is 4.57 Å². The Morgan fingerprint density at radius 2 is 1.85 bits per heavy atom. The van der Waals surface area contributed by atoms with E-state index in [0.717, 1.165) is 17.8 Å². The second-order valence-corrected chi connectivity index (χ2v) is 7.34. The van der Waals surface area contributed by atoms with Gasteiger partial charge in [0.2, 0.25) is 0 Å². The van der Waals surface area contributed by atoms with Gasteiger partial charge in [0.25, 0.3) is 5.82 Å². The van der Waals surface area contributed by atoms with Crippen molar-refractivity contribution in [2.75, 3.05) is 20.7 Å². The van der Waals surface area contributed by atoms with Crippen molar-refractivity contribution in [1.29, 1.82) is 0 Å². The van der Waals surface area contributed by atoms with Crippen LogP contribution in [0.25, 0.3) is 0 Å². The fraction of sp³-hybridized carbons (Fsp3) is 0.412. The minimum absolute atomic E-state index is 0.178. The molecule has 2 aromatic rings. The zero-order chi connectivity index (χ0) is 19.9. The first-order chi connectivity index (χ1) is 12.0. The molecule has 9 heteroatoms. The van der Waals surface area contributed by atoms with Gasteiger partial charge < -0.3 is 14.2 Å². The van der Waals surface area contributed by atoms with E-state index >= 15 is 0 Å². The Bertz CT molecular complexity index is 807. The van der Waals surface area contributed by atoms with Crippen LogP contribution in [0.15, 0.2) is 41.6 Å². The second kappa shape index (κ2) is 9.35. The van der Waals surface area contributed by atoms with Crippen molar-refractivity contribution in [1.82, 2.24) is 9.47 Å². The molecule has 1 amide bonds. The van der Waals surface area contributed by atoms with Gasteiger partial charge in [0.1, 0.15) is 29.1 Å². The van der Waals surface area contributed by atoms with E-state index < -0.39 is 10.1 Å². The van der Waals surface area contributed by atoms with Crippen LogP contribution in [0, 0.1) is 6.92 Å². The van der Waals surface area contributed by atoms with E-state index in [1.165, 1.54) is 17.0 Å². The molecular formula is C17H25N3O5S. The molecule has 1 heterocycles. The maximum Gasteiger partial charge on any atom is 0.409 e. The molecule has 0 aliphatic carbocycles. The zero-order valence-electron chi connectivity index (χ0n) is 15.7. The molecule has 0 spiro atoms. The van der Waals surface area contributed by atoms with Gasteiger partial charge in [-0.15, -0.1) is 0 Å². The number of carbonyl (C=O) groups excluding carboxylic acids is 1. The summed E-state index contributed by atoms with van der Waals surface area (Å²) in [5.74, 6) is 1.13. The number of benzene rings is 1. The number of rotatable bonds is 4. The van der Waals surface area contributed by atoms with Gasteiger partial charge in [0.15, 0.2) is 0 Å². The first-order valence-electron chi connectivity index (χ1n) is 7.89. The highest BCUT2D eigenvalue weighted by molar-refractivity contribution is 7.85. The molecule has 26 heavy (non-hydrogen) atoms. The van der Waals surface area contributed by atoms with E-state index in [2.05, 4.69) is 0 Å². The van der Waals surface area contributed by atoms with Crippen LogP contribution in [0.3, 0.4) is 0 Å². The van der Waals surface area contributed by atoms with E-state index in [4.69, 9.17) is 4.74 Å². The highest BCUT2D eigenvalue weighted by Gasteiger charge is 2.12. The molecule has 2 rings (SSSR count). The van der Waals surface area contributed by atoms with E-state index in [-0.39, 0.29) is 11.0 Å². The number of carbonyl (C=O) groups is 1. The third kappa shape index (κ3) is 6.85. The Hall–Kier alpha value is -2.39. The number of hydrogen-bond acceptors (Lipinski definition) is 5. The third-order valence-electron chi connectivity index (χ3n) is 3.55. The van der Waals surface area contributed by atoms with Gasteiger partial charge in [-0.25, -0.2) is 22.3 Å². The average molecular weight is 383 g/mol. The number of aryl methyl sites for hydroxylation is 3. The van der Waals surface area contributed by atoms with Crippen molar-refractivity contribution >= 4 is 16.2 Å². The van der Waals surface area contributed by atoms with Gasteiger partial charge in [-0.3, -0.25) is 0 Å². The lowest BCUT2D eigenvalue weighted by Crippen LogP contribution is -2.33. The Morgan fingerprint density at radius 1 is 1.27 bits per heavy atom. The summed E-state index contributed by atoms with van der Waals surface area (Å²) < 4.78 is 40.2. The molecule has 0 aliphatic rings. The maximum atomic E-state index is 11.1. The SMILES string of the molecule is CN(C)C(=O)OCCc1n(C)cc[n+]1C.Cc1ccc(S(=O)(=O)[O-])cc1. The fourth-order valence-corrected chi connectivity index (χ4v) is 2.51. The second-order valence-electron chi connectivity index (χ2n) is 5.96. The van der Waals surface area contributed by atoms with Gasteiger partial charge in [0.05, 0.1) is 25.4 Å². The van der Waals surface area contributed by atoms with Gasteiger partial charge in [-0.2, -0.15) is 0 Å². The summed E-state index contributed by atoms with van der Waals surface area (Å²) in [6, 6.07) is 5.78. The summed E-state index contributed by atoms with van der Waals surface area (Å²) in [6.45, 7) is 2.23. The summed E-state index contributed by atoms with van der Waals surface area (Å²) in [6.07, 6.45) is 4.37. The number of nitrogens with zero attached hydrogens (tertiary/aromatic N) is 3. The lowest BCUT2D eigenvalue weighted by Gasteiger charge is -2.09. The number of hydrogen-bond donors (Lipinski definition) is 0. The average Bonchev–Trinajstić information content (AvgIpc) is 2.86. The highest BCUT2D eigenvalue weighted by atomic mass is 32.2. The topological polar surface area (TPSA) is 95.6 Å². The number of imidazole rings is 1. The molecule has 0 aliphatic heterocycles. The monoisotopic (exact) mass is 383 g/mol. The Kier molecular flexibility index (Phi) is 7.78. The zero-order valence-corrected chi connectivity index (χ0v) is 16.5. The van der Waals surface area contributed by atoms with Crippen LogP contribution in [-0.2, 0) is 35.4 Å². The predicted octanol–water partition coefficient (Wildman–Crippen LogP) is 0.989. The van der Waals surface area contributed by atoms with E-state index in [9.17, 15) is 17.8 Å². The van der Waals surface area contributed by atoms with Gasteiger partial charge in [-0.1, -0.05) is 17.7 Å². The van der Waals surface area contributed by atoms with Crippen LogP contribution >= 0.6 is 0 Å². The molecule has 1 aromatic heterocycles. The van der Waals surface area contributed by atoms with Gasteiger partial charge in [0, 0.05) is 14.1 Å². The molecule has 0 N–H and O–H groups in total. The largest absolute Gasteiger partial charge is 0.744 e. The first kappa shape index (κ1) is 21.7. The van der Waals surface area contributed by atoms with Crippen molar-refractivity contribution < 1.29 is 27.1 Å². The quantitative estimate of drug-likeness (QED) is 0.579. The molecule has 144 valence electrons. The molecule has 0 unspecified atom stereocenters. The summed E-state index contributed by atoms with van der Waals surface area (Å²) in [4.78, 5) is 12.4. The minimum Gasteiger partial charge on any atom is -0.744 e. The molecule has 0 fully saturated rings. The van der Waals surface area contributed by atoms with Crippen LogP contribution in [0.1, 0.15) is 11.4 Å². The molecule has 0 bridgehead atoms. The van der Waals surface area contributed by atoms with Gasteiger partial charge >= 0.3 is 6.09 Å². The van der Waals surface area contributed by atoms with Crippen molar-refractivity contribution in [2.45, 2.75) is 18.2 Å². The first-order valence-corrected chi connectivity index (χ1v) is 9.29. The van der Waals surface area contributed by atoms with E-state index in [1.54, 1.807) is 26.2 Å². The Morgan fingerprint density at radius 3 is 2.27 bits per heavy atom. The van der Waals surface area contributed by atoms with Crippen LogP contribution in [-0.4, -0.2) is 49.2 Å². The van der Waals surface area contributed by atoms with E-state index in [1.807, 2.05) is 42.5 Å². The predicted molar refractivity (Wildman–Crippen MR) is 94.5 cm³/mol. The summed E-state index contributed by atoms with van der Waals surface area (Å²) in [5, 5.41) is 0. The number of ether oxygens (including phenoxy) is 1. The minimum atomic E-state index is -4.27.